The summed E-state index contributed by atoms with van der Waals surface area (Å²) < 4.78 is 43.4. The molecule has 4 bridgehead atoms. The van der Waals surface area contributed by atoms with Crippen molar-refractivity contribution in [2.45, 2.75) is 48.6 Å². The van der Waals surface area contributed by atoms with Gasteiger partial charge in [0.15, 0.2) is 9.84 Å². The fourth-order valence-electron chi connectivity index (χ4n) is 5.82. The van der Waals surface area contributed by atoms with E-state index in [4.69, 9.17) is 14.2 Å². The summed E-state index contributed by atoms with van der Waals surface area (Å²) in [5.74, 6) is -0.342. The molecule has 0 unspecified atom stereocenters. The second kappa shape index (κ2) is 13.2. The third kappa shape index (κ3) is 6.87. The second-order valence-corrected chi connectivity index (χ2v) is 14.0. The number of likely N-dealkylation sites (N-methyl/N-ethyl adjacent to an activating group) is 1. The Balaban J connectivity index is 1.44. The van der Waals surface area contributed by atoms with Crippen LogP contribution in [0, 0.1) is 6.92 Å². The summed E-state index contributed by atoms with van der Waals surface area (Å²) in [6.45, 7) is 1.63. The highest BCUT2D eigenvalue weighted by Crippen LogP contribution is 2.37. The number of aromatic nitrogens is 1. The van der Waals surface area contributed by atoms with Gasteiger partial charge in [-0.25, -0.2) is 13.2 Å². The number of H-pyrrole nitrogens is 1. The average Bonchev–Trinajstić information content (AvgIpc) is 3.90. The topological polar surface area (TPSA) is 156 Å². The molecule has 246 valence electrons. The van der Waals surface area contributed by atoms with E-state index < -0.39 is 33.3 Å². The number of hydrogen-bond donors (Lipinski definition) is 3. The van der Waals surface area contributed by atoms with Crippen molar-refractivity contribution in [2.75, 3.05) is 38.2 Å². The Morgan fingerprint density at radius 1 is 1.02 bits per heavy atom. The van der Waals surface area contributed by atoms with Gasteiger partial charge in [-0.3, -0.25) is 14.9 Å². The number of carbonyl (C=O) groups excluding carboxylic acids is 2. The summed E-state index contributed by atoms with van der Waals surface area (Å²) in [5.41, 5.74) is 3.11. The third-order valence-electron chi connectivity index (χ3n) is 8.42. The third-order valence-corrected chi connectivity index (χ3v) is 10.8. The number of pyridine rings is 1. The molecule has 1 aromatic heterocycles. The number of methoxy groups -OCH3 is 1. The minimum absolute atomic E-state index is 0.0499. The lowest BCUT2D eigenvalue weighted by Gasteiger charge is -2.28. The molecule has 2 aliphatic heterocycles. The molecule has 7 rings (SSSR count). The molecule has 0 saturated heterocycles. The number of nitrogens with one attached hydrogen (secondary N) is 3. The van der Waals surface area contributed by atoms with E-state index in [1.54, 1.807) is 49.6 Å². The van der Waals surface area contributed by atoms with Crippen molar-refractivity contribution in [2.24, 2.45) is 0 Å². The van der Waals surface area contributed by atoms with E-state index in [9.17, 15) is 22.8 Å². The van der Waals surface area contributed by atoms with Crippen molar-refractivity contribution in [1.29, 1.82) is 0 Å². The molecule has 3 heterocycles. The monoisotopic (exact) mass is 660 g/mol. The zero-order chi connectivity index (χ0) is 33.3. The van der Waals surface area contributed by atoms with Crippen LogP contribution >= 0.6 is 0 Å². The molecule has 3 aromatic carbocycles. The number of sulfone groups is 1. The smallest absolute Gasteiger partial charge is 0.411 e. The number of fused-ring (bicyclic) bond motifs is 10. The predicted molar refractivity (Wildman–Crippen MR) is 176 cm³/mol. The van der Waals surface area contributed by atoms with Gasteiger partial charge in [-0.05, 0) is 83.8 Å². The zero-order valence-corrected chi connectivity index (χ0v) is 27.1. The highest BCUT2D eigenvalue weighted by molar-refractivity contribution is 7.92. The number of hydrogen-bond acceptors (Lipinski definition) is 9. The van der Waals surface area contributed by atoms with Crippen LogP contribution in [0.4, 0.5) is 16.2 Å². The quantitative estimate of drug-likeness (QED) is 0.237. The van der Waals surface area contributed by atoms with E-state index in [0.29, 0.717) is 40.7 Å². The Bertz CT molecular complexity index is 2010. The molecule has 2 amide bonds. The van der Waals surface area contributed by atoms with Crippen LogP contribution in [0.3, 0.4) is 0 Å². The van der Waals surface area contributed by atoms with Crippen LogP contribution in [0.15, 0.2) is 76.6 Å². The summed E-state index contributed by atoms with van der Waals surface area (Å²) >= 11 is 0. The normalized spacial score (nSPS) is 19.0. The molecule has 2 atom stereocenters. The lowest BCUT2D eigenvalue weighted by molar-refractivity contribution is -0.131. The number of benzene rings is 3. The van der Waals surface area contributed by atoms with Crippen LogP contribution in [0.5, 0.6) is 0 Å². The molecule has 1 aliphatic carbocycles. The minimum Gasteiger partial charge on any atom is -0.446 e. The van der Waals surface area contributed by atoms with Crippen LogP contribution in [-0.4, -0.2) is 63.1 Å². The van der Waals surface area contributed by atoms with Crippen LogP contribution in [0.25, 0.3) is 10.8 Å². The molecular weight excluding hydrogens is 624 g/mol. The van der Waals surface area contributed by atoms with Crippen molar-refractivity contribution >= 4 is 44.0 Å². The fourth-order valence-corrected chi connectivity index (χ4v) is 7.68. The van der Waals surface area contributed by atoms with Crippen molar-refractivity contribution < 1.29 is 32.2 Å². The number of ether oxygens (including phenoxy) is 3. The maximum absolute atomic E-state index is 14.4. The Morgan fingerprint density at radius 2 is 1.83 bits per heavy atom. The molecule has 1 fully saturated rings. The first kappa shape index (κ1) is 32.2. The number of aromatic amines is 1. The Morgan fingerprint density at radius 3 is 2.57 bits per heavy atom. The zero-order valence-electron chi connectivity index (χ0n) is 26.2. The fraction of sp³-hybridized carbons (Fsp3) is 0.324. The van der Waals surface area contributed by atoms with Gasteiger partial charge in [0.05, 0.1) is 10.1 Å². The average molecular weight is 661 g/mol. The van der Waals surface area contributed by atoms with Crippen molar-refractivity contribution in [3.05, 3.63) is 99.5 Å². The lowest BCUT2D eigenvalue weighted by atomic mass is 9.96. The van der Waals surface area contributed by atoms with Gasteiger partial charge in [0.25, 0.3) is 5.56 Å². The Hall–Kier alpha value is -4.72. The van der Waals surface area contributed by atoms with Gasteiger partial charge in [0.1, 0.15) is 25.5 Å². The number of aryl methyl sites for hydroxylation is 1. The highest BCUT2D eigenvalue weighted by Gasteiger charge is 2.38. The molecule has 3 N–H and O–H groups in total. The number of rotatable bonds is 7. The molecule has 47 heavy (non-hydrogen) atoms. The van der Waals surface area contributed by atoms with Gasteiger partial charge >= 0.3 is 6.09 Å². The highest BCUT2D eigenvalue weighted by atomic mass is 32.2. The van der Waals surface area contributed by atoms with Crippen LogP contribution < -0.4 is 16.2 Å². The summed E-state index contributed by atoms with van der Waals surface area (Å²) in [4.78, 5) is 44.0. The SMILES string of the molecule is COCO[C@H]1COC(=O)Nc2ccc(S(=O)(=O)C3CC3)c(c2)CN(C)C(=O)[C@H](Nc2ccc3cc[nH]c(=O)c3c2)c2ccc1c(C)c2. The Labute approximate surface area is 271 Å². The molecule has 13 heteroatoms. The van der Waals surface area contributed by atoms with E-state index in [0.717, 1.165) is 16.5 Å². The summed E-state index contributed by atoms with van der Waals surface area (Å²) in [6, 6.07) is 16.2. The molecule has 1 saturated carbocycles. The molecule has 0 radical (unpaired) electrons. The largest absolute Gasteiger partial charge is 0.446 e. The van der Waals surface area contributed by atoms with E-state index >= 15 is 0 Å². The first-order valence-electron chi connectivity index (χ1n) is 15.2. The van der Waals surface area contributed by atoms with E-state index in [1.165, 1.54) is 24.1 Å². The van der Waals surface area contributed by atoms with Gasteiger partial charge in [-0.15, -0.1) is 0 Å². The maximum Gasteiger partial charge on any atom is 0.411 e. The molecule has 12 nitrogen and oxygen atoms in total. The summed E-state index contributed by atoms with van der Waals surface area (Å²) in [5, 5.41) is 6.74. The molecule has 4 aromatic rings. The van der Waals surface area contributed by atoms with Gasteiger partial charge in [-0.2, -0.15) is 0 Å². The van der Waals surface area contributed by atoms with Crippen LogP contribution in [-0.2, 0) is 35.4 Å². The van der Waals surface area contributed by atoms with Crippen LogP contribution in [0.2, 0.25) is 0 Å². The molecule has 3 aliphatic rings. The number of amides is 2. The standard InChI is InChI=1S/C34H36N4O8S/c1-20-14-22-5-10-27(20)29(46-19-44-3)18-45-34(41)37-24-7-11-30(47(42,43)26-8-9-26)23(15-24)17-38(2)33(40)31(22)36-25-6-4-21-12-13-35-32(39)28(21)16-25/h4-7,10-16,26,29,31,36H,8-9,17-19H2,1-3H3,(H,35,39)(H,37,41)/t29-,31+/m0/s1. The van der Waals surface area contributed by atoms with Gasteiger partial charge in [-0.1, -0.05) is 24.3 Å². The number of carbonyl (C=O) groups is 2. The molecule has 0 spiro atoms. The van der Waals surface area contributed by atoms with Gasteiger partial charge in [0.2, 0.25) is 5.91 Å². The predicted octanol–water partition coefficient (Wildman–Crippen LogP) is 4.81. The summed E-state index contributed by atoms with van der Waals surface area (Å²) in [6.07, 6.45) is 1.30. The second-order valence-electron chi connectivity index (χ2n) is 11.8. The van der Waals surface area contributed by atoms with E-state index in [2.05, 4.69) is 15.6 Å². The Kier molecular flexibility index (Phi) is 9.04. The first-order chi connectivity index (χ1) is 22.5. The van der Waals surface area contributed by atoms with E-state index in [-0.39, 0.29) is 36.3 Å². The van der Waals surface area contributed by atoms with Gasteiger partial charge < -0.3 is 29.4 Å². The first-order valence-corrected chi connectivity index (χ1v) is 16.7. The van der Waals surface area contributed by atoms with E-state index in [1.807, 2.05) is 19.1 Å². The van der Waals surface area contributed by atoms with Crippen molar-refractivity contribution in [3.63, 3.8) is 0 Å². The summed E-state index contributed by atoms with van der Waals surface area (Å²) in [7, 11) is -0.553. The van der Waals surface area contributed by atoms with Crippen LogP contribution in [0.1, 0.15) is 47.2 Å². The lowest BCUT2D eigenvalue weighted by Crippen LogP contribution is -2.35. The maximum atomic E-state index is 14.4. The molecular formula is C34H36N4O8S. The number of nitrogens with zero attached hydrogens (tertiary/aromatic N) is 1. The van der Waals surface area contributed by atoms with Gasteiger partial charge in [0, 0.05) is 43.7 Å². The van der Waals surface area contributed by atoms with Crippen molar-refractivity contribution in [1.82, 2.24) is 9.88 Å². The minimum atomic E-state index is -3.64. The van der Waals surface area contributed by atoms with Crippen molar-refractivity contribution in [3.8, 4) is 0 Å². The number of anilines is 2.